The van der Waals surface area contributed by atoms with Crippen molar-refractivity contribution in [2.45, 2.75) is 55.8 Å². The van der Waals surface area contributed by atoms with Crippen LogP contribution in [-0.4, -0.2) is 56.0 Å². The van der Waals surface area contributed by atoms with Crippen LogP contribution < -0.4 is 5.32 Å². The molecule has 3 aliphatic rings. The number of aliphatic hydroxyl groups excluding tert-OH is 2. The molecule has 3 N–H and O–H groups in total. The van der Waals surface area contributed by atoms with Crippen LogP contribution in [0.4, 0.5) is 5.82 Å². The highest BCUT2D eigenvalue weighted by atomic mass is 35.5. The number of aliphatic hydroxyl groups is 2. The molecule has 0 amide bonds. The first-order valence-electron chi connectivity index (χ1n) is 11.1. The van der Waals surface area contributed by atoms with E-state index < -0.39 is 30.1 Å². The maximum absolute atomic E-state index is 11.1. The zero-order valence-corrected chi connectivity index (χ0v) is 18.2. The minimum atomic E-state index is -1.18. The third-order valence-corrected chi connectivity index (χ3v) is 7.27. The Morgan fingerprint density at radius 3 is 2.75 bits per heavy atom. The third kappa shape index (κ3) is 3.21. The molecule has 3 aromatic rings. The van der Waals surface area contributed by atoms with Crippen molar-refractivity contribution < 1.29 is 19.7 Å². The molecule has 6 rings (SSSR count). The van der Waals surface area contributed by atoms with Crippen molar-refractivity contribution in [1.82, 2.24) is 14.6 Å². The van der Waals surface area contributed by atoms with E-state index in [0.717, 1.165) is 17.9 Å². The second kappa shape index (κ2) is 7.67. The van der Waals surface area contributed by atoms with Crippen LogP contribution in [0.1, 0.15) is 30.4 Å². The van der Waals surface area contributed by atoms with Gasteiger partial charge < -0.3 is 25.0 Å². The average Bonchev–Trinajstić information content (AvgIpc) is 3.40. The summed E-state index contributed by atoms with van der Waals surface area (Å²) in [5.74, 6) is 1.21. The van der Waals surface area contributed by atoms with Gasteiger partial charge in [0.25, 0.3) is 0 Å². The van der Waals surface area contributed by atoms with E-state index in [9.17, 15) is 10.2 Å². The lowest BCUT2D eigenvalue weighted by Crippen LogP contribution is -2.61. The number of anilines is 1. The highest BCUT2D eigenvalue weighted by Gasteiger charge is 2.60. The van der Waals surface area contributed by atoms with E-state index in [-0.39, 0.29) is 11.9 Å². The van der Waals surface area contributed by atoms with Crippen LogP contribution >= 0.6 is 11.6 Å². The van der Waals surface area contributed by atoms with Gasteiger partial charge in [-0.15, -0.1) is 5.10 Å². The van der Waals surface area contributed by atoms with E-state index >= 15 is 0 Å². The summed E-state index contributed by atoms with van der Waals surface area (Å²) < 4.78 is 13.7. The molecule has 0 radical (unpaired) electrons. The standard InChI is InChI=1S/C23H25ClN4O4/c24-22-26-20(16-5-2-10-28(16)27-22)25-17-18(29)19(30)23(12-31-21(17)32-23)15-8-6-14(7-9-15)11-13-3-1-4-13/h2,5-10,13,17-19,21,29-30H,1,3-4,11-12H2,(H,25,26,27)/t17-,18-,19-,21+,23-/m1/s1. The summed E-state index contributed by atoms with van der Waals surface area (Å²) in [5, 5.41) is 29.5. The fourth-order valence-electron chi connectivity index (χ4n) is 5.05. The molecular formula is C23H25ClN4O4. The van der Waals surface area contributed by atoms with Gasteiger partial charge in [-0.2, -0.15) is 4.98 Å². The molecule has 2 saturated heterocycles. The molecule has 2 aliphatic heterocycles. The van der Waals surface area contributed by atoms with Gasteiger partial charge >= 0.3 is 0 Å². The number of rotatable bonds is 5. The van der Waals surface area contributed by atoms with Crippen molar-refractivity contribution >= 4 is 22.9 Å². The van der Waals surface area contributed by atoms with Crippen molar-refractivity contribution in [2.75, 3.05) is 11.9 Å². The van der Waals surface area contributed by atoms with Crippen LogP contribution in [0.3, 0.4) is 0 Å². The normalized spacial score (nSPS) is 32.2. The van der Waals surface area contributed by atoms with E-state index in [4.69, 9.17) is 21.1 Å². The number of ether oxygens (including phenoxy) is 2. The van der Waals surface area contributed by atoms with Crippen molar-refractivity contribution in [1.29, 1.82) is 0 Å². The van der Waals surface area contributed by atoms with Crippen LogP contribution in [-0.2, 0) is 21.5 Å². The van der Waals surface area contributed by atoms with Crippen molar-refractivity contribution in [3.63, 3.8) is 0 Å². The van der Waals surface area contributed by atoms with E-state index in [1.54, 1.807) is 10.7 Å². The molecule has 8 nitrogen and oxygen atoms in total. The van der Waals surface area contributed by atoms with Crippen molar-refractivity contribution in [2.24, 2.45) is 5.92 Å². The summed E-state index contributed by atoms with van der Waals surface area (Å²) in [6.07, 6.45) is 3.68. The Bertz CT molecular complexity index is 1130. The minimum absolute atomic E-state index is 0.0617. The number of fused-ring (bicyclic) bond motifs is 3. The molecule has 168 valence electrons. The summed E-state index contributed by atoms with van der Waals surface area (Å²) in [4.78, 5) is 4.25. The molecule has 2 bridgehead atoms. The Hall–Kier alpha value is -2.23. The Morgan fingerprint density at radius 2 is 2.00 bits per heavy atom. The molecule has 1 aromatic carbocycles. The first kappa shape index (κ1) is 20.4. The van der Waals surface area contributed by atoms with Crippen molar-refractivity contribution in [3.8, 4) is 0 Å². The highest BCUT2D eigenvalue weighted by Crippen LogP contribution is 2.45. The molecule has 9 heteroatoms. The van der Waals surface area contributed by atoms with E-state index in [0.29, 0.717) is 11.3 Å². The maximum atomic E-state index is 11.1. The van der Waals surface area contributed by atoms with Crippen LogP contribution in [0.5, 0.6) is 0 Å². The van der Waals surface area contributed by atoms with E-state index in [1.165, 1.54) is 24.8 Å². The van der Waals surface area contributed by atoms with E-state index in [2.05, 4.69) is 27.5 Å². The Labute approximate surface area is 190 Å². The Balaban J connectivity index is 1.25. The number of hydrogen-bond donors (Lipinski definition) is 3. The van der Waals surface area contributed by atoms with Gasteiger partial charge in [-0.05, 0) is 47.2 Å². The van der Waals surface area contributed by atoms with E-state index in [1.807, 2.05) is 24.3 Å². The predicted octanol–water partition coefficient (Wildman–Crippen LogP) is 2.51. The molecule has 1 aliphatic carbocycles. The summed E-state index contributed by atoms with van der Waals surface area (Å²) in [5.41, 5.74) is 1.67. The topological polar surface area (TPSA) is 101 Å². The molecule has 32 heavy (non-hydrogen) atoms. The van der Waals surface area contributed by atoms with Gasteiger partial charge in [-0.3, -0.25) is 0 Å². The SMILES string of the molecule is O[C@@H]1[C@@H](Nc2nc(Cl)nn3cccc23)[C@H]2OC[C@](c3ccc(CC4CCC4)cc3)(O2)[C@@H]1O. The predicted molar refractivity (Wildman–Crippen MR) is 117 cm³/mol. The molecule has 0 unspecified atom stereocenters. The lowest BCUT2D eigenvalue weighted by Gasteiger charge is -2.43. The fourth-order valence-corrected chi connectivity index (χ4v) is 5.21. The molecular weight excluding hydrogens is 432 g/mol. The molecule has 3 fully saturated rings. The zero-order valence-electron chi connectivity index (χ0n) is 17.4. The van der Waals surface area contributed by atoms with Gasteiger partial charge in [-0.25, -0.2) is 4.52 Å². The number of nitrogens with one attached hydrogen (secondary N) is 1. The van der Waals surface area contributed by atoms with Gasteiger partial charge in [-0.1, -0.05) is 43.5 Å². The second-order valence-corrected chi connectivity index (χ2v) is 9.40. The quantitative estimate of drug-likeness (QED) is 0.542. The third-order valence-electron chi connectivity index (χ3n) is 7.11. The van der Waals surface area contributed by atoms with Gasteiger partial charge in [0.15, 0.2) is 12.1 Å². The number of hydrogen-bond acceptors (Lipinski definition) is 7. The minimum Gasteiger partial charge on any atom is -0.388 e. The van der Waals surface area contributed by atoms with Crippen LogP contribution in [0.25, 0.3) is 5.52 Å². The van der Waals surface area contributed by atoms with Crippen LogP contribution in [0.15, 0.2) is 42.6 Å². The average molecular weight is 457 g/mol. The molecule has 5 atom stereocenters. The smallest absolute Gasteiger partial charge is 0.243 e. The number of halogens is 1. The first-order valence-corrected chi connectivity index (χ1v) is 11.4. The first-order chi connectivity index (χ1) is 15.5. The summed E-state index contributed by atoms with van der Waals surface area (Å²) in [6, 6.07) is 11.1. The van der Waals surface area contributed by atoms with Crippen LogP contribution in [0.2, 0.25) is 5.28 Å². The monoisotopic (exact) mass is 456 g/mol. The summed E-state index contributed by atoms with van der Waals surface area (Å²) >= 11 is 6.04. The lowest BCUT2D eigenvalue weighted by molar-refractivity contribution is -0.219. The molecule has 4 heterocycles. The fraction of sp³-hybridized carbons (Fsp3) is 0.478. The molecule has 1 saturated carbocycles. The lowest BCUT2D eigenvalue weighted by atomic mass is 9.79. The molecule has 2 aromatic heterocycles. The molecule has 0 spiro atoms. The largest absolute Gasteiger partial charge is 0.388 e. The van der Waals surface area contributed by atoms with Gasteiger partial charge in [0.2, 0.25) is 5.28 Å². The zero-order chi connectivity index (χ0) is 21.9. The number of aromatic nitrogens is 3. The number of benzene rings is 1. The number of nitrogens with zero attached hydrogens (tertiary/aromatic N) is 3. The second-order valence-electron chi connectivity index (χ2n) is 9.06. The van der Waals surface area contributed by atoms with Crippen molar-refractivity contribution in [3.05, 3.63) is 59.0 Å². The maximum Gasteiger partial charge on any atom is 0.243 e. The van der Waals surface area contributed by atoms with Gasteiger partial charge in [0, 0.05) is 6.20 Å². The Kier molecular flexibility index (Phi) is 4.89. The summed E-state index contributed by atoms with van der Waals surface area (Å²) in [7, 11) is 0. The van der Waals surface area contributed by atoms with Gasteiger partial charge in [0.1, 0.15) is 29.4 Å². The van der Waals surface area contributed by atoms with Gasteiger partial charge in [0.05, 0.1) is 6.61 Å². The van der Waals surface area contributed by atoms with Crippen LogP contribution in [0, 0.1) is 5.92 Å². The Morgan fingerprint density at radius 1 is 1.19 bits per heavy atom. The highest BCUT2D eigenvalue weighted by molar-refractivity contribution is 6.28. The summed E-state index contributed by atoms with van der Waals surface area (Å²) in [6.45, 7) is 0.154.